The summed E-state index contributed by atoms with van der Waals surface area (Å²) in [7, 11) is 0. The highest BCUT2D eigenvalue weighted by molar-refractivity contribution is 6.24. The highest BCUT2D eigenvalue weighted by atomic mass is 16.6. The van der Waals surface area contributed by atoms with E-state index in [1.165, 1.54) is 18.2 Å². The van der Waals surface area contributed by atoms with Crippen LogP contribution in [0.5, 0.6) is 11.6 Å². The second-order valence-electron chi connectivity index (χ2n) is 18.8. The van der Waals surface area contributed by atoms with Crippen LogP contribution >= 0.6 is 0 Å². The Kier molecular flexibility index (Phi) is 21.8. The van der Waals surface area contributed by atoms with E-state index in [4.69, 9.17) is 38.4 Å². The predicted molar refractivity (Wildman–Crippen MR) is 291 cm³/mol. The van der Waals surface area contributed by atoms with Gasteiger partial charge in [0.2, 0.25) is 17.7 Å². The van der Waals surface area contributed by atoms with E-state index < -0.39 is 42.2 Å². The molecule has 1 unspecified atom stereocenters. The van der Waals surface area contributed by atoms with Crippen molar-refractivity contribution in [2.24, 2.45) is 0 Å². The molecule has 0 bridgehead atoms. The van der Waals surface area contributed by atoms with Crippen LogP contribution in [0.3, 0.4) is 0 Å². The Morgan fingerprint density at radius 2 is 1.38 bits per heavy atom. The van der Waals surface area contributed by atoms with Gasteiger partial charge >= 0.3 is 6.03 Å². The lowest BCUT2D eigenvalue weighted by atomic mass is 9.89. The van der Waals surface area contributed by atoms with Crippen molar-refractivity contribution < 1.29 is 61.9 Å². The normalized spacial score (nSPS) is 16.8. The Balaban J connectivity index is 0.637. The number of benzene rings is 3. The number of fused-ring (bicyclic) bond motifs is 1. The molecular formula is C58H65N9O13. The van der Waals surface area contributed by atoms with Gasteiger partial charge in [0, 0.05) is 55.7 Å². The second kappa shape index (κ2) is 30.1. The number of amides is 7. The fraction of sp³-hybridized carbons (Fsp3) is 0.397. The third kappa shape index (κ3) is 16.6. The summed E-state index contributed by atoms with van der Waals surface area (Å²) in [5.41, 5.74) is 4.23. The van der Waals surface area contributed by atoms with Crippen molar-refractivity contribution in [2.75, 3.05) is 96.0 Å². The zero-order chi connectivity index (χ0) is 55.9. The number of hydrogen-bond donors (Lipinski definition) is 4. The molecule has 0 radical (unpaired) electrons. The van der Waals surface area contributed by atoms with Gasteiger partial charge in [-0.25, -0.2) is 14.8 Å². The number of hydrogen-bond acceptors (Lipinski definition) is 17. The smallest absolute Gasteiger partial charge is 0.322 e. The molecule has 2 fully saturated rings. The maximum Gasteiger partial charge on any atom is 0.322 e. The SMILES string of the molecule is N#Cc1ccc(NC2CCC(N(C(=O)NCc3ccccc3)c3ccc(-c4ccnc(OCCOCCOCCOCCOCCOCCNC(=O)COc5cccc6c5C(=O)N(C5CCC(=O)NC5=O)C6=O)c4)cc3)CC2)nc1. The number of ether oxygens (including phenoxy) is 7. The third-order valence-corrected chi connectivity index (χ3v) is 13.3. The molecule has 3 aliphatic rings. The zero-order valence-electron chi connectivity index (χ0n) is 44.3. The van der Waals surface area contributed by atoms with Gasteiger partial charge in [0.15, 0.2) is 6.61 Å². The first-order valence-electron chi connectivity index (χ1n) is 26.7. The van der Waals surface area contributed by atoms with Crippen LogP contribution in [0.4, 0.5) is 16.3 Å². The standard InChI is InChI=1S/C58H65N9O13/c59-36-41-9-19-50(62-38-41)64-44-12-16-46(17-13-44)66(58(73)63-37-40-5-2-1-3-6-40)45-14-10-42(11-15-45)43-21-22-61-53(35-43)79-34-33-78-32-31-77-30-29-76-28-27-75-26-25-74-24-23-60-52(69)39-80-49-8-4-7-47-54(49)57(72)67(56(47)71)48-18-20-51(68)65-55(48)70/h1-11,14-15,19,21-22,35,38,44,46,48H,12-13,16-18,20,23-34,37,39H2,(H,60,69)(H,62,64)(H,63,73)(H,65,68,70). The lowest BCUT2D eigenvalue weighted by Crippen LogP contribution is -2.54. The Hall–Kier alpha value is -8.33. The van der Waals surface area contributed by atoms with Gasteiger partial charge < -0.3 is 49.1 Å². The van der Waals surface area contributed by atoms with E-state index >= 15 is 0 Å². The number of urea groups is 1. The lowest BCUT2D eigenvalue weighted by molar-refractivity contribution is -0.136. The summed E-state index contributed by atoms with van der Waals surface area (Å²) in [5.74, 6) is -1.81. The molecule has 7 amide bonds. The summed E-state index contributed by atoms with van der Waals surface area (Å²) >= 11 is 0. The first-order chi connectivity index (χ1) is 39.1. The Morgan fingerprint density at radius 3 is 2.04 bits per heavy atom. The summed E-state index contributed by atoms with van der Waals surface area (Å²) in [6.45, 7) is 4.00. The first-order valence-corrected chi connectivity index (χ1v) is 26.7. The van der Waals surface area contributed by atoms with E-state index in [0.717, 1.165) is 58.8 Å². The van der Waals surface area contributed by atoms with Gasteiger partial charge in [-0.05, 0) is 91.3 Å². The number of imide groups is 2. The molecule has 8 rings (SSSR count). The molecule has 2 aromatic heterocycles. The summed E-state index contributed by atoms with van der Waals surface area (Å²) in [6.07, 6.45) is 6.62. The van der Waals surface area contributed by atoms with Crippen LogP contribution in [0.25, 0.3) is 11.1 Å². The molecule has 22 heteroatoms. The summed E-state index contributed by atoms with van der Waals surface area (Å²) < 4.78 is 39.4. The Labute approximate surface area is 463 Å². The highest BCUT2D eigenvalue weighted by Gasteiger charge is 2.46. The molecule has 5 aromatic rings. The zero-order valence-corrected chi connectivity index (χ0v) is 44.3. The molecule has 3 aromatic carbocycles. The maximum atomic E-state index is 13.9. The lowest BCUT2D eigenvalue weighted by Gasteiger charge is -2.37. The van der Waals surface area contributed by atoms with Gasteiger partial charge in [-0.3, -0.25) is 39.1 Å². The molecule has 4 N–H and O–H groups in total. The van der Waals surface area contributed by atoms with Crippen LogP contribution in [-0.2, 0) is 44.6 Å². The predicted octanol–water partition coefficient (Wildman–Crippen LogP) is 5.21. The summed E-state index contributed by atoms with van der Waals surface area (Å²) in [4.78, 5) is 88.0. The molecule has 1 aliphatic carbocycles. The van der Waals surface area contributed by atoms with Gasteiger partial charge in [-0.2, -0.15) is 5.26 Å². The largest absolute Gasteiger partial charge is 0.483 e. The number of aromatic nitrogens is 2. The molecule has 4 heterocycles. The summed E-state index contributed by atoms with van der Waals surface area (Å²) in [5, 5.41) is 20.6. The fourth-order valence-electron chi connectivity index (χ4n) is 9.32. The Bertz CT molecular complexity index is 2920. The fourth-order valence-corrected chi connectivity index (χ4v) is 9.32. The number of nitriles is 1. The van der Waals surface area contributed by atoms with Crippen molar-refractivity contribution in [2.45, 2.75) is 63.2 Å². The minimum absolute atomic E-state index is 0.00169. The van der Waals surface area contributed by atoms with E-state index in [9.17, 15) is 28.8 Å². The molecule has 80 heavy (non-hydrogen) atoms. The molecular weight excluding hydrogens is 1030 g/mol. The number of nitrogens with one attached hydrogen (secondary N) is 4. The van der Waals surface area contributed by atoms with E-state index in [1.807, 2.05) is 77.7 Å². The average Bonchev–Trinajstić information content (AvgIpc) is 3.89. The van der Waals surface area contributed by atoms with E-state index in [1.54, 1.807) is 18.5 Å². The number of anilines is 2. The topological polar surface area (TPSA) is 271 Å². The molecule has 420 valence electrons. The minimum atomic E-state index is -1.11. The summed E-state index contributed by atoms with van der Waals surface area (Å²) in [6, 6.07) is 30.7. The van der Waals surface area contributed by atoms with Crippen molar-refractivity contribution >= 4 is 47.1 Å². The third-order valence-electron chi connectivity index (χ3n) is 13.3. The molecule has 0 spiro atoms. The van der Waals surface area contributed by atoms with Crippen molar-refractivity contribution in [3.05, 3.63) is 132 Å². The van der Waals surface area contributed by atoms with Gasteiger partial charge in [-0.1, -0.05) is 48.5 Å². The van der Waals surface area contributed by atoms with Crippen LogP contribution in [-0.4, -0.2) is 154 Å². The molecule has 1 saturated carbocycles. The minimum Gasteiger partial charge on any atom is -0.483 e. The van der Waals surface area contributed by atoms with Crippen LogP contribution in [0, 0.1) is 11.3 Å². The van der Waals surface area contributed by atoms with Crippen molar-refractivity contribution in [3.63, 3.8) is 0 Å². The van der Waals surface area contributed by atoms with E-state index in [2.05, 4.69) is 37.3 Å². The van der Waals surface area contributed by atoms with Crippen LogP contribution < -0.4 is 35.6 Å². The molecule has 1 atom stereocenters. The molecule has 2 aliphatic heterocycles. The highest BCUT2D eigenvalue weighted by Crippen LogP contribution is 2.34. The monoisotopic (exact) mass is 1100 g/mol. The number of carbonyl (C=O) groups excluding carboxylic acids is 6. The van der Waals surface area contributed by atoms with Crippen LogP contribution in [0.15, 0.2) is 109 Å². The van der Waals surface area contributed by atoms with Crippen molar-refractivity contribution in [1.29, 1.82) is 5.26 Å². The van der Waals surface area contributed by atoms with Gasteiger partial charge in [0.05, 0.1) is 82.8 Å². The van der Waals surface area contributed by atoms with E-state index in [0.29, 0.717) is 84.1 Å². The van der Waals surface area contributed by atoms with Crippen LogP contribution in [0.1, 0.15) is 70.4 Å². The first kappa shape index (κ1) is 57.8. The van der Waals surface area contributed by atoms with Crippen molar-refractivity contribution in [3.8, 4) is 28.8 Å². The van der Waals surface area contributed by atoms with Crippen molar-refractivity contribution in [1.82, 2.24) is 30.8 Å². The number of pyridine rings is 2. The van der Waals surface area contributed by atoms with Gasteiger partial charge in [0.25, 0.3) is 17.7 Å². The van der Waals surface area contributed by atoms with Gasteiger partial charge in [0.1, 0.15) is 30.3 Å². The average molecular weight is 1100 g/mol. The van der Waals surface area contributed by atoms with E-state index in [-0.39, 0.29) is 61.0 Å². The van der Waals surface area contributed by atoms with Gasteiger partial charge in [-0.15, -0.1) is 0 Å². The maximum absolute atomic E-state index is 13.9. The Morgan fingerprint density at radius 1 is 0.688 bits per heavy atom. The van der Waals surface area contributed by atoms with Crippen LogP contribution in [0.2, 0.25) is 0 Å². The number of rotatable bonds is 30. The second-order valence-corrected chi connectivity index (χ2v) is 18.8. The number of carbonyl (C=O) groups is 6. The molecule has 22 nitrogen and oxygen atoms in total. The number of piperidine rings is 1. The quantitative estimate of drug-likeness (QED) is 0.0339. The number of nitrogens with zero attached hydrogens (tertiary/aromatic N) is 5. The molecule has 1 saturated heterocycles.